The Bertz CT molecular complexity index is 569. The molecule has 0 saturated carbocycles. The van der Waals surface area contributed by atoms with Crippen LogP contribution in [0, 0.1) is 13.8 Å². The highest BCUT2D eigenvalue weighted by atomic mass is 16.5. The first-order valence-electron chi connectivity index (χ1n) is 5.69. The molecule has 0 aliphatic rings. The first-order chi connectivity index (χ1) is 8.60. The molecule has 0 aliphatic carbocycles. The third-order valence-electron chi connectivity index (χ3n) is 2.72. The molecule has 1 heterocycles. The third-order valence-corrected chi connectivity index (χ3v) is 2.72. The maximum Gasteiger partial charge on any atom is 0.319 e. The van der Waals surface area contributed by atoms with Crippen LogP contribution in [0.1, 0.15) is 22.8 Å². The monoisotopic (exact) mass is 244 g/mol. The van der Waals surface area contributed by atoms with Crippen LogP contribution in [0.2, 0.25) is 0 Å². The summed E-state index contributed by atoms with van der Waals surface area (Å²) < 4.78 is 5.03. The second kappa shape index (κ2) is 5.00. The average Bonchev–Trinajstić information content (AvgIpc) is 2.34. The molecule has 1 aromatic heterocycles. The molecule has 0 fully saturated rings. The number of hydrogen-bond acceptors (Lipinski definition) is 5. The SMILES string of the molecule is COc1nc(C)nc(Cc2cccc(C)c2N)n1. The number of hydrogen-bond donors (Lipinski definition) is 1. The molecule has 94 valence electrons. The number of nitrogens with two attached hydrogens (primary N) is 1. The van der Waals surface area contributed by atoms with Gasteiger partial charge in [0.05, 0.1) is 7.11 Å². The lowest BCUT2D eigenvalue weighted by atomic mass is 10.1. The van der Waals surface area contributed by atoms with Crippen molar-refractivity contribution in [2.24, 2.45) is 0 Å². The summed E-state index contributed by atoms with van der Waals surface area (Å²) >= 11 is 0. The molecule has 0 bridgehead atoms. The molecule has 0 atom stereocenters. The molecule has 0 spiro atoms. The topological polar surface area (TPSA) is 73.9 Å². The minimum absolute atomic E-state index is 0.337. The summed E-state index contributed by atoms with van der Waals surface area (Å²) in [6, 6.07) is 6.28. The maximum atomic E-state index is 6.04. The molecule has 0 radical (unpaired) electrons. The van der Waals surface area contributed by atoms with Gasteiger partial charge in [-0.25, -0.2) is 4.98 Å². The van der Waals surface area contributed by atoms with E-state index in [0.29, 0.717) is 24.1 Å². The van der Waals surface area contributed by atoms with Crippen LogP contribution in [0.25, 0.3) is 0 Å². The number of aryl methyl sites for hydroxylation is 2. The molecular formula is C13H16N4O. The normalized spacial score (nSPS) is 10.4. The van der Waals surface area contributed by atoms with Crippen molar-refractivity contribution in [2.45, 2.75) is 20.3 Å². The van der Waals surface area contributed by atoms with Crippen LogP contribution in [0.4, 0.5) is 5.69 Å². The molecule has 0 saturated heterocycles. The summed E-state index contributed by atoms with van der Waals surface area (Å²) in [6.07, 6.45) is 0.577. The lowest BCUT2D eigenvalue weighted by molar-refractivity contribution is 0.374. The number of ether oxygens (including phenoxy) is 1. The van der Waals surface area contributed by atoms with Crippen molar-refractivity contribution < 1.29 is 4.74 Å². The van der Waals surface area contributed by atoms with E-state index in [9.17, 15) is 0 Å². The fraction of sp³-hybridized carbons (Fsp3) is 0.308. The molecule has 18 heavy (non-hydrogen) atoms. The van der Waals surface area contributed by atoms with Crippen molar-refractivity contribution in [2.75, 3.05) is 12.8 Å². The Labute approximate surface area is 106 Å². The van der Waals surface area contributed by atoms with Crippen molar-refractivity contribution in [1.82, 2.24) is 15.0 Å². The molecule has 0 aliphatic heterocycles. The van der Waals surface area contributed by atoms with Crippen molar-refractivity contribution in [3.05, 3.63) is 41.0 Å². The van der Waals surface area contributed by atoms with Gasteiger partial charge in [-0.05, 0) is 25.0 Å². The van der Waals surface area contributed by atoms with E-state index in [1.807, 2.05) is 32.0 Å². The Morgan fingerprint density at radius 1 is 1.17 bits per heavy atom. The Hall–Kier alpha value is -2.17. The van der Waals surface area contributed by atoms with Crippen LogP contribution < -0.4 is 10.5 Å². The fourth-order valence-electron chi connectivity index (χ4n) is 1.75. The lowest BCUT2D eigenvalue weighted by Crippen LogP contribution is -2.05. The molecular weight excluding hydrogens is 228 g/mol. The van der Waals surface area contributed by atoms with E-state index in [2.05, 4.69) is 15.0 Å². The lowest BCUT2D eigenvalue weighted by Gasteiger charge is -2.08. The van der Waals surface area contributed by atoms with Gasteiger partial charge in [0.1, 0.15) is 11.6 Å². The van der Waals surface area contributed by atoms with Crippen LogP contribution in [-0.2, 0) is 6.42 Å². The number of benzene rings is 1. The summed E-state index contributed by atoms with van der Waals surface area (Å²) in [6.45, 7) is 3.80. The maximum absolute atomic E-state index is 6.04. The summed E-state index contributed by atoms with van der Waals surface area (Å²) in [5.74, 6) is 1.31. The Kier molecular flexibility index (Phi) is 3.41. The van der Waals surface area contributed by atoms with Gasteiger partial charge in [0, 0.05) is 12.1 Å². The van der Waals surface area contributed by atoms with Gasteiger partial charge >= 0.3 is 6.01 Å². The number of aromatic nitrogens is 3. The second-order valence-electron chi connectivity index (χ2n) is 4.11. The van der Waals surface area contributed by atoms with Crippen molar-refractivity contribution in [3.63, 3.8) is 0 Å². The van der Waals surface area contributed by atoms with Gasteiger partial charge in [-0.15, -0.1) is 0 Å². The summed E-state index contributed by atoms with van der Waals surface area (Å²) in [4.78, 5) is 12.6. The van der Waals surface area contributed by atoms with Crippen molar-refractivity contribution >= 4 is 5.69 Å². The summed E-state index contributed by atoms with van der Waals surface area (Å²) in [7, 11) is 1.54. The zero-order valence-corrected chi connectivity index (χ0v) is 10.8. The highest BCUT2D eigenvalue weighted by molar-refractivity contribution is 5.53. The second-order valence-corrected chi connectivity index (χ2v) is 4.11. The number of nitrogen functional groups attached to an aromatic ring is 1. The molecule has 2 rings (SSSR count). The van der Waals surface area contributed by atoms with E-state index in [4.69, 9.17) is 10.5 Å². The van der Waals surface area contributed by atoms with E-state index < -0.39 is 0 Å². The minimum atomic E-state index is 0.337. The largest absolute Gasteiger partial charge is 0.467 e. The van der Waals surface area contributed by atoms with E-state index in [0.717, 1.165) is 16.8 Å². The van der Waals surface area contributed by atoms with Crippen LogP contribution >= 0.6 is 0 Å². The number of rotatable bonds is 3. The van der Waals surface area contributed by atoms with Gasteiger partial charge in [0.25, 0.3) is 0 Å². The highest BCUT2D eigenvalue weighted by Gasteiger charge is 2.08. The predicted octanol–water partition coefficient (Wildman–Crippen LogP) is 1.67. The summed E-state index contributed by atoms with van der Waals surface area (Å²) in [5, 5.41) is 0. The van der Waals surface area contributed by atoms with Crippen LogP contribution in [0.15, 0.2) is 18.2 Å². The van der Waals surface area contributed by atoms with E-state index in [1.165, 1.54) is 0 Å². The van der Waals surface area contributed by atoms with Gasteiger partial charge in [0.15, 0.2) is 0 Å². The van der Waals surface area contributed by atoms with Gasteiger partial charge in [0.2, 0.25) is 0 Å². The standard InChI is InChI=1S/C13H16N4O/c1-8-5-4-6-10(12(8)14)7-11-15-9(2)16-13(17-11)18-3/h4-6H,7,14H2,1-3H3. The van der Waals surface area contributed by atoms with Crippen LogP contribution in [-0.4, -0.2) is 22.1 Å². The molecule has 2 aromatic rings. The molecule has 1 aromatic carbocycles. The van der Waals surface area contributed by atoms with Crippen LogP contribution in [0.5, 0.6) is 6.01 Å². The number of anilines is 1. The molecule has 0 amide bonds. The predicted molar refractivity (Wildman–Crippen MR) is 69.5 cm³/mol. The average molecular weight is 244 g/mol. The molecule has 0 unspecified atom stereocenters. The fourth-order valence-corrected chi connectivity index (χ4v) is 1.75. The van der Waals surface area contributed by atoms with E-state index in [1.54, 1.807) is 7.11 Å². The Morgan fingerprint density at radius 2 is 1.94 bits per heavy atom. The quantitative estimate of drug-likeness (QED) is 0.831. The third kappa shape index (κ3) is 2.56. The van der Waals surface area contributed by atoms with Gasteiger partial charge in [-0.1, -0.05) is 18.2 Å². The Morgan fingerprint density at radius 3 is 2.67 bits per heavy atom. The molecule has 5 nitrogen and oxygen atoms in total. The zero-order valence-electron chi connectivity index (χ0n) is 10.8. The first-order valence-corrected chi connectivity index (χ1v) is 5.69. The number of para-hydroxylation sites is 1. The smallest absolute Gasteiger partial charge is 0.319 e. The summed E-state index contributed by atoms with van der Waals surface area (Å²) in [5.41, 5.74) is 8.90. The van der Waals surface area contributed by atoms with Gasteiger partial charge in [-0.3, -0.25) is 0 Å². The van der Waals surface area contributed by atoms with E-state index >= 15 is 0 Å². The zero-order chi connectivity index (χ0) is 13.1. The number of methoxy groups -OCH3 is 1. The van der Waals surface area contributed by atoms with Crippen molar-refractivity contribution in [1.29, 1.82) is 0 Å². The Balaban J connectivity index is 2.34. The van der Waals surface area contributed by atoms with Gasteiger partial charge < -0.3 is 10.5 Å². The number of nitrogens with zero attached hydrogens (tertiary/aromatic N) is 3. The minimum Gasteiger partial charge on any atom is -0.467 e. The molecule has 5 heteroatoms. The molecule has 2 N–H and O–H groups in total. The van der Waals surface area contributed by atoms with Gasteiger partial charge in [-0.2, -0.15) is 9.97 Å². The first kappa shape index (κ1) is 12.3. The van der Waals surface area contributed by atoms with E-state index in [-0.39, 0.29) is 0 Å². The van der Waals surface area contributed by atoms with Crippen LogP contribution in [0.3, 0.4) is 0 Å². The van der Waals surface area contributed by atoms with Crippen molar-refractivity contribution in [3.8, 4) is 6.01 Å². The highest BCUT2D eigenvalue weighted by Crippen LogP contribution is 2.19.